The average molecular weight is 240 g/mol. The van der Waals surface area contributed by atoms with E-state index in [1.54, 1.807) is 6.92 Å². The molecular formula is C14H24O3. The molecule has 0 rings (SSSR count). The third-order valence-corrected chi connectivity index (χ3v) is 2.69. The van der Waals surface area contributed by atoms with Gasteiger partial charge in [-0.25, -0.2) is 4.79 Å². The molecule has 0 spiro atoms. The van der Waals surface area contributed by atoms with Crippen molar-refractivity contribution in [2.75, 3.05) is 6.61 Å². The van der Waals surface area contributed by atoms with Gasteiger partial charge < -0.3 is 9.53 Å². The first-order valence-electron chi connectivity index (χ1n) is 6.45. The summed E-state index contributed by atoms with van der Waals surface area (Å²) in [5.41, 5.74) is 0.402. The summed E-state index contributed by atoms with van der Waals surface area (Å²) < 4.78 is 4.84. The summed E-state index contributed by atoms with van der Waals surface area (Å²) in [6, 6.07) is 0. The molecule has 3 heteroatoms. The summed E-state index contributed by atoms with van der Waals surface area (Å²) in [6.07, 6.45) is 6.75. The highest BCUT2D eigenvalue weighted by Crippen LogP contribution is 2.17. The van der Waals surface area contributed by atoms with Crippen molar-refractivity contribution in [2.24, 2.45) is 5.92 Å². The molecule has 0 fully saturated rings. The Balaban J connectivity index is 3.91. The summed E-state index contributed by atoms with van der Waals surface area (Å²) in [6.45, 7) is 7.93. The monoisotopic (exact) mass is 240 g/mol. The second-order valence-corrected chi connectivity index (χ2v) is 4.27. The molecule has 0 heterocycles. The van der Waals surface area contributed by atoms with Gasteiger partial charge in [-0.3, -0.25) is 0 Å². The molecular weight excluding hydrogens is 216 g/mol. The highest BCUT2D eigenvalue weighted by atomic mass is 16.5. The van der Waals surface area contributed by atoms with E-state index in [1.807, 2.05) is 0 Å². The minimum atomic E-state index is -0.382. The number of carbonyl (C=O) groups excluding carboxylic acids is 2. The Kier molecular flexibility index (Phi) is 9.40. The number of rotatable bonds is 10. The number of carbonyl (C=O) groups is 2. The van der Waals surface area contributed by atoms with Crippen molar-refractivity contribution in [1.29, 1.82) is 0 Å². The molecule has 0 saturated heterocycles. The summed E-state index contributed by atoms with van der Waals surface area (Å²) in [5, 5.41) is 0. The molecule has 0 radical (unpaired) electrons. The molecule has 0 aliphatic rings. The molecule has 98 valence electrons. The molecule has 0 aromatic rings. The fraction of sp³-hybridized carbons (Fsp3) is 0.714. The molecule has 0 aromatic heterocycles. The SMILES string of the molecule is C=C(C[C@H](C=O)CCCCCC)C(=O)OCC. The van der Waals surface area contributed by atoms with E-state index in [-0.39, 0.29) is 11.9 Å². The van der Waals surface area contributed by atoms with E-state index in [9.17, 15) is 9.59 Å². The predicted octanol–water partition coefficient (Wildman–Crippen LogP) is 3.28. The number of hydrogen-bond acceptors (Lipinski definition) is 3. The number of esters is 1. The lowest BCUT2D eigenvalue weighted by atomic mass is 9.95. The summed E-state index contributed by atoms with van der Waals surface area (Å²) in [4.78, 5) is 22.2. The molecule has 0 unspecified atom stereocenters. The van der Waals surface area contributed by atoms with Crippen molar-refractivity contribution in [3.05, 3.63) is 12.2 Å². The van der Waals surface area contributed by atoms with Crippen molar-refractivity contribution < 1.29 is 14.3 Å². The zero-order valence-corrected chi connectivity index (χ0v) is 11.0. The first-order chi connectivity index (χ1) is 8.15. The van der Waals surface area contributed by atoms with Gasteiger partial charge in [-0.05, 0) is 19.8 Å². The summed E-state index contributed by atoms with van der Waals surface area (Å²) in [7, 11) is 0. The van der Waals surface area contributed by atoms with Crippen LogP contribution in [0.5, 0.6) is 0 Å². The van der Waals surface area contributed by atoms with Gasteiger partial charge in [-0.1, -0.05) is 39.2 Å². The molecule has 0 aliphatic heterocycles. The van der Waals surface area contributed by atoms with Crippen LogP contribution in [0.15, 0.2) is 12.2 Å². The van der Waals surface area contributed by atoms with Crippen LogP contribution in [-0.2, 0) is 14.3 Å². The van der Waals surface area contributed by atoms with Crippen LogP contribution in [0.4, 0.5) is 0 Å². The molecule has 1 atom stereocenters. The molecule has 3 nitrogen and oxygen atoms in total. The highest BCUT2D eigenvalue weighted by Gasteiger charge is 2.14. The average Bonchev–Trinajstić information content (AvgIpc) is 2.33. The lowest BCUT2D eigenvalue weighted by molar-refractivity contribution is -0.138. The van der Waals surface area contributed by atoms with E-state index >= 15 is 0 Å². The van der Waals surface area contributed by atoms with Gasteiger partial charge in [0.25, 0.3) is 0 Å². The van der Waals surface area contributed by atoms with Gasteiger partial charge in [0.05, 0.1) is 6.61 Å². The molecule has 0 bridgehead atoms. The minimum Gasteiger partial charge on any atom is -0.463 e. The Labute approximate surface area is 104 Å². The van der Waals surface area contributed by atoms with Crippen molar-refractivity contribution in [2.45, 2.75) is 52.4 Å². The number of aldehydes is 1. The zero-order valence-electron chi connectivity index (χ0n) is 11.0. The summed E-state index contributed by atoms with van der Waals surface area (Å²) >= 11 is 0. The van der Waals surface area contributed by atoms with Gasteiger partial charge in [-0.2, -0.15) is 0 Å². The number of ether oxygens (including phenoxy) is 1. The van der Waals surface area contributed by atoms with Crippen LogP contribution in [0.1, 0.15) is 52.4 Å². The van der Waals surface area contributed by atoms with Gasteiger partial charge in [-0.15, -0.1) is 0 Å². The van der Waals surface area contributed by atoms with Gasteiger partial charge in [0.2, 0.25) is 0 Å². The van der Waals surface area contributed by atoms with Crippen LogP contribution in [0, 0.1) is 5.92 Å². The third-order valence-electron chi connectivity index (χ3n) is 2.69. The topological polar surface area (TPSA) is 43.4 Å². The van der Waals surface area contributed by atoms with Gasteiger partial charge in [0, 0.05) is 11.5 Å². The van der Waals surface area contributed by atoms with Crippen LogP contribution in [0.25, 0.3) is 0 Å². The number of hydrogen-bond donors (Lipinski definition) is 0. The molecule has 0 amide bonds. The molecule has 0 aromatic carbocycles. The maximum Gasteiger partial charge on any atom is 0.333 e. The number of unbranched alkanes of at least 4 members (excludes halogenated alkanes) is 3. The van der Waals surface area contributed by atoms with Crippen molar-refractivity contribution in [3.8, 4) is 0 Å². The second-order valence-electron chi connectivity index (χ2n) is 4.27. The third kappa shape index (κ3) is 7.72. The van der Waals surface area contributed by atoms with Crippen molar-refractivity contribution in [3.63, 3.8) is 0 Å². The predicted molar refractivity (Wildman–Crippen MR) is 68.7 cm³/mol. The van der Waals surface area contributed by atoms with Gasteiger partial charge in [0.1, 0.15) is 6.29 Å². The normalized spacial score (nSPS) is 11.9. The molecule has 0 aliphatic carbocycles. The van der Waals surface area contributed by atoms with Crippen LogP contribution in [0.3, 0.4) is 0 Å². The van der Waals surface area contributed by atoms with Crippen molar-refractivity contribution >= 4 is 12.3 Å². The van der Waals surface area contributed by atoms with Crippen LogP contribution >= 0.6 is 0 Å². The Bertz CT molecular complexity index is 246. The first kappa shape index (κ1) is 15.9. The Morgan fingerprint density at radius 1 is 1.29 bits per heavy atom. The fourth-order valence-electron chi connectivity index (χ4n) is 1.68. The second kappa shape index (κ2) is 10.1. The minimum absolute atomic E-state index is 0.0937. The maximum absolute atomic E-state index is 11.3. The van der Waals surface area contributed by atoms with E-state index < -0.39 is 0 Å². The van der Waals surface area contributed by atoms with E-state index in [1.165, 1.54) is 12.8 Å². The van der Waals surface area contributed by atoms with Gasteiger partial charge in [0.15, 0.2) is 0 Å². The van der Waals surface area contributed by atoms with E-state index in [0.717, 1.165) is 25.5 Å². The first-order valence-corrected chi connectivity index (χ1v) is 6.45. The molecule has 0 saturated carbocycles. The van der Waals surface area contributed by atoms with Crippen LogP contribution in [0.2, 0.25) is 0 Å². The largest absolute Gasteiger partial charge is 0.463 e. The van der Waals surface area contributed by atoms with Gasteiger partial charge >= 0.3 is 5.97 Å². The Hall–Kier alpha value is -1.12. The van der Waals surface area contributed by atoms with E-state index in [2.05, 4.69) is 13.5 Å². The molecule has 17 heavy (non-hydrogen) atoms. The lowest BCUT2D eigenvalue weighted by Gasteiger charge is -2.11. The Morgan fingerprint density at radius 2 is 2.00 bits per heavy atom. The zero-order chi connectivity index (χ0) is 13.1. The van der Waals surface area contributed by atoms with Crippen molar-refractivity contribution in [1.82, 2.24) is 0 Å². The van der Waals surface area contributed by atoms with Crippen LogP contribution in [-0.4, -0.2) is 18.9 Å². The standard InChI is InChI=1S/C14H24O3/c1-4-6-7-8-9-13(11-15)10-12(3)14(16)17-5-2/h11,13H,3-10H2,1-2H3/t13-/m1/s1. The lowest BCUT2D eigenvalue weighted by Crippen LogP contribution is -2.12. The fourth-order valence-corrected chi connectivity index (χ4v) is 1.68. The highest BCUT2D eigenvalue weighted by molar-refractivity contribution is 5.88. The van der Waals surface area contributed by atoms with Crippen LogP contribution < -0.4 is 0 Å². The quantitative estimate of drug-likeness (QED) is 0.255. The maximum atomic E-state index is 11.3. The smallest absolute Gasteiger partial charge is 0.333 e. The summed E-state index contributed by atoms with van der Waals surface area (Å²) in [5.74, 6) is -0.475. The molecule has 0 N–H and O–H groups in total. The van der Waals surface area contributed by atoms with E-state index in [0.29, 0.717) is 18.6 Å². The van der Waals surface area contributed by atoms with E-state index in [4.69, 9.17) is 4.74 Å². The Morgan fingerprint density at radius 3 is 2.53 bits per heavy atom.